The van der Waals surface area contributed by atoms with Crippen molar-refractivity contribution >= 4 is 17.9 Å². The lowest BCUT2D eigenvalue weighted by atomic mass is 10.2. The van der Waals surface area contributed by atoms with Gasteiger partial charge in [0.25, 0.3) is 0 Å². The predicted molar refractivity (Wildman–Crippen MR) is 226 cm³/mol. The van der Waals surface area contributed by atoms with Crippen LogP contribution in [0, 0.1) is 16.2 Å². The minimum Gasteiger partial charge on any atom is -0.494 e. The lowest BCUT2D eigenvalue weighted by Crippen LogP contribution is -2.18. The van der Waals surface area contributed by atoms with Crippen molar-refractivity contribution in [2.24, 2.45) is 0 Å². The summed E-state index contributed by atoms with van der Waals surface area (Å²) in [4.78, 5) is 0. The molecule has 0 saturated heterocycles. The number of hydrogen-bond donors (Lipinski definition) is 7. The molecule has 0 spiro atoms. The molecule has 312 valence electrons. The molecule has 0 aliphatic rings. The van der Waals surface area contributed by atoms with Crippen LogP contribution in [-0.4, -0.2) is 67.9 Å². The molecule has 0 fully saturated rings. The van der Waals surface area contributed by atoms with Crippen molar-refractivity contribution in [2.75, 3.05) is 39.6 Å². The quantitative estimate of drug-likeness (QED) is 0.0116. The van der Waals surface area contributed by atoms with Gasteiger partial charge in [-0.05, 0) is 155 Å². The highest BCUT2D eigenvalue weighted by molar-refractivity contribution is 5.96. The number of benzene rings is 4. The number of nitrogens with one attached hydrogen (secondary N) is 5. The summed E-state index contributed by atoms with van der Waals surface area (Å²) in [5.74, 6) is 4.36. The average molecular weight is 798 g/mol. The molecule has 0 bridgehead atoms. The molecular weight excluding hydrogens is 739 g/mol. The molecule has 0 aliphatic carbocycles. The molecule has 7 N–H and O–H groups in total. The van der Waals surface area contributed by atoms with Gasteiger partial charge in [-0.2, -0.15) is 0 Å². The molecule has 0 unspecified atom stereocenters. The van der Waals surface area contributed by atoms with Crippen LogP contribution < -0.4 is 39.4 Å². The summed E-state index contributed by atoms with van der Waals surface area (Å²) in [5.41, 5.74) is 5.71. The summed E-state index contributed by atoms with van der Waals surface area (Å²) in [5, 5.41) is 40.3. The molecule has 0 atom stereocenters. The fourth-order valence-corrected chi connectivity index (χ4v) is 5.83. The van der Waals surface area contributed by atoms with Gasteiger partial charge in [0, 0.05) is 35.5 Å². The van der Waals surface area contributed by atoms with Crippen LogP contribution in [0.3, 0.4) is 0 Å². The zero-order valence-electron chi connectivity index (χ0n) is 33.3. The molecule has 4 aromatic rings. The van der Waals surface area contributed by atoms with Crippen molar-refractivity contribution in [3.63, 3.8) is 0 Å². The van der Waals surface area contributed by atoms with Crippen LogP contribution >= 0.6 is 0 Å². The first-order chi connectivity index (χ1) is 28.5. The molecule has 0 aliphatic heterocycles. The van der Waals surface area contributed by atoms with Crippen LogP contribution in [0.1, 0.15) is 93.7 Å². The third-order valence-electron chi connectivity index (χ3n) is 9.14. The van der Waals surface area contributed by atoms with Gasteiger partial charge in [-0.15, -0.1) is 0 Å². The Bertz CT molecular complexity index is 1680. The topological polar surface area (TPSA) is 191 Å². The van der Waals surface area contributed by atoms with Crippen molar-refractivity contribution in [2.45, 2.75) is 77.0 Å². The van der Waals surface area contributed by atoms with Gasteiger partial charge in [0.05, 0.1) is 39.6 Å². The van der Waals surface area contributed by atoms with Crippen molar-refractivity contribution in [3.8, 4) is 34.5 Å². The lowest BCUT2D eigenvalue weighted by molar-refractivity contribution is 0.234. The van der Waals surface area contributed by atoms with Gasteiger partial charge >= 0.3 is 0 Å². The van der Waals surface area contributed by atoms with Gasteiger partial charge < -0.3 is 33.8 Å². The van der Waals surface area contributed by atoms with Crippen LogP contribution in [0.5, 0.6) is 34.5 Å². The molecule has 4 rings (SSSR count). The number of hydroxylamine groups is 2. The van der Waals surface area contributed by atoms with E-state index in [0.717, 1.165) is 117 Å². The second-order valence-corrected chi connectivity index (χ2v) is 13.7. The Balaban J connectivity index is 1.13. The third-order valence-corrected chi connectivity index (χ3v) is 9.14. The van der Waals surface area contributed by atoms with Crippen molar-refractivity contribution in [3.05, 3.63) is 108 Å². The summed E-state index contributed by atoms with van der Waals surface area (Å²) in [7, 11) is 0. The third kappa shape index (κ3) is 17.6. The molecule has 13 heteroatoms. The highest BCUT2D eigenvalue weighted by atomic mass is 16.5. The smallest absolute Gasteiger partial charge is 0.149 e. The zero-order valence-corrected chi connectivity index (χ0v) is 33.3. The van der Waals surface area contributed by atoms with E-state index in [-0.39, 0.29) is 11.7 Å². The van der Waals surface area contributed by atoms with Gasteiger partial charge in [-0.25, -0.2) is 0 Å². The van der Waals surface area contributed by atoms with Gasteiger partial charge in [0.2, 0.25) is 0 Å². The molecule has 4 aromatic carbocycles. The first kappa shape index (κ1) is 44.9. The predicted octanol–water partition coefficient (Wildman–Crippen LogP) is 9.35. The Hall–Kier alpha value is -5.79. The van der Waals surface area contributed by atoms with Crippen LogP contribution in [0.2, 0.25) is 0 Å². The molecule has 0 radical (unpaired) electrons. The van der Waals surface area contributed by atoms with Gasteiger partial charge in [-0.3, -0.25) is 32.2 Å². The summed E-state index contributed by atoms with van der Waals surface area (Å²) >= 11 is 0. The lowest BCUT2D eigenvalue weighted by Gasteiger charge is -2.14. The van der Waals surface area contributed by atoms with Crippen LogP contribution in [0.15, 0.2) is 91.0 Å². The van der Waals surface area contributed by atoms with Crippen LogP contribution in [0.4, 0.5) is 0 Å². The Morgan fingerprint density at radius 1 is 0.397 bits per heavy atom. The first-order valence-corrected chi connectivity index (χ1v) is 20.2. The normalized spacial score (nSPS) is 10.7. The maximum atomic E-state index is 8.88. The van der Waals surface area contributed by atoms with Crippen LogP contribution in [-0.2, 0) is 0 Å². The molecule has 13 nitrogen and oxygen atoms in total. The van der Waals surface area contributed by atoms with Gasteiger partial charge in [0.15, 0.2) is 0 Å². The van der Waals surface area contributed by atoms with E-state index in [1.54, 1.807) is 48.5 Å². The number of hydrogen-bond acceptors (Lipinski definition) is 11. The summed E-state index contributed by atoms with van der Waals surface area (Å²) in [6.07, 6.45) is 13.0. The second kappa shape index (κ2) is 27.0. The SMILES string of the molecule is N=Cc1ccc(OCCCCCCOc2cc(OCCCCCCOc3ccc(C(=N)NO)cc3)cc(OCCCCCCOc3ccc(C(=N)NO)cc3)c2)cc1. The maximum absolute atomic E-state index is 8.88. The molecule has 0 saturated carbocycles. The first-order valence-electron chi connectivity index (χ1n) is 20.2. The highest BCUT2D eigenvalue weighted by Crippen LogP contribution is 2.29. The van der Waals surface area contributed by atoms with Crippen molar-refractivity contribution < 1.29 is 38.8 Å². The molecule has 58 heavy (non-hydrogen) atoms. The Morgan fingerprint density at radius 2 is 0.655 bits per heavy atom. The second-order valence-electron chi connectivity index (χ2n) is 13.7. The Kier molecular flexibility index (Phi) is 20.9. The van der Waals surface area contributed by atoms with Gasteiger partial charge in [0.1, 0.15) is 46.2 Å². The molecule has 0 amide bonds. The van der Waals surface area contributed by atoms with E-state index in [1.165, 1.54) is 6.21 Å². The van der Waals surface area contributed by atoms with E-state index in [2.05, 4.69) is 0 Å². The number of rotatable bonds is 30. The van der Waals surface area contributed by atoms with Crippen molar-refractivity contribution in [1.29, 1.82) is 16.2 Å². The van der Waals surface area contributed by atoms with E-state index in [9.17, 15) is 0 Å². The monoisotopic (exact) mass is 797 g/mol. The minimum absolute atomic E-state index is 0.0571. The van der Waals surface area contributed by atoms with E-state index in [0.29, 0.717) is 50.8 Å². The minimum atomic E-state index is -0.0571. The summed E-state index contributed by atoms with van der Waals surface area (Å²) in [6, 6.07) is 27.4. The molecular formula is C45H59N5O8. The van der Waals surface area contributed by atoms with E-state index in [1.807, 2.05) is 53.4 Å². The summed E-state index contributed by atoms with van der Waals surface area (Å²) in [6.45, 7) is 3.63. The maximum Gasteiger partial charge on any atom is 0.149 e. The Labute approximate surface area is 342 Å². The zero-order chi connectivity index (χ0) is 41.0. The standard InChI is InChI=1S/C45H59N5O8/c46-34-35-13-19-38(20-14-35)53-25-7-1-4-10-28-56-41-31-42(57-29-11-5-2-8-26-54-39-21-15-36(16-22-39)44(47)49-51)33-43(32-41)58-30-12-6-3-9-27-55-40-23-17-37(18-24-40)45(48)50-52/h13-24,31-34,46,51-52H,1-12,25-30H2,(H2,47,49)(H2,48,50). The molecule has 0 heterocycles. The summed E-state index contributed by atoms with van der Waals surface area (Å²) < 4.78 is 35.9. The fraction of sp³-hybridized carbons (Fsp3) is 0.400. The number of ether oxygens (including phenoxy) is 6. The number of amidine groups is 2. The van der Waals surface area contributed by atoms with Crippen molar-refractivity contribution in [1.82, 2.24) is 11.0 Å². The highest BCUT2D eigenvalue weighted by Gasteiger charge is 2.07. The average Bonchev–Trinajstić information content (AvgIpc) is 3.26. The van der Waals surface area contributed by atoms with E-state index in [4.69, 9.17) is 55.1 Å². The number of unbranched alkanes of at least 4 members (excludes halogenated alkanes) is 9. The van der Waals surface area contributed by atoms with E-state index < -0.39 is 0 Å². The Morgan fingerprint density at radius 3 is 0.914 bits per heavy atom. The van der Waals surface area contributed by atoms with Crippen LogP contribution in [0.25, 0.3) is 0 Å². The largest absolute Gasteiger partial charge is 0.494 e. The van der Waals surface area contributed by atoms with E-state index >= 15 is 0 Å². The molecule has 0 aromatic heterocycles. The van der Waals surface area contributed by atoms with Gasteiger partial charge in [-0.1, -0.05) is 0 Å². The fourth-order valence-electron chi connectivity index (χ4n) is 5.83.